The van der Waals surface area contributed by atoms with Crippen molar-refractivity contribution in [3.05, 3.63) is 29.2 Å². The highest BCUT2D eigenvalue weighted by atomic mass is 16.3. The predicted molar refractivity (Wildman–Crippen MR) is 61.2 cm³/mol. The van der Waals surface area contributed by atoms with Gasteiger partial charge in [-0.2, -0.15) is 15.6 Å². The van der Waals surface area contributed by atoms with Gasteiger partial charge in [0.25, 0.3) is 0 Å². The Morgan fingerprint density at radius 3 is 2.88 bits per heavy atom. The van der Waals surface area contributed by atoms with Crippen LogP contribution in [0.4, 0.5) is 0 Å². The van der Waals surface area contributed by atoms with Crippen molar-refractivity contribution < 1.29 is 5.11 Å². The van der Waals surface area contributed by atoms with Gasteiger partial charge in [0.2, 0.25) is 0 Å². The lowest BCUT2D eigenvalue weighted by Crippen LogP contribution is -2.25. The molecule has 0 fully saturated rings. The van der Waals surface area contributed by atoms with Crippen molar-refractivity contribution in [3.8, 4) is 6.07 Å². The molecule has 0 amide bonds. The Labute approximate surface area is 98.7 Å². The Hall–Kier alpha value is -2.13. The first-order valence-corrected chi connectivity index (χ1v) is 5.36. The van der Waals surface area contributed by atoms with Crippen LogP contribution in [0, 0.1) is 11.3 Å². The zero-order chi connectivity index (χ0) is 12.3. The third-order valence-corrected chi connectivity index (χ3v) is 2.50. The molecule has 0 saturated heterocycles. The summed E-state index contributed by atoms with van der Waals surface area (Å²) in [6.07, 6.45) is 4.79. The molecule has 0 bridgehead atoms. The number of nitrogens with zero attached hydrogens (tertiary/aromatic N) is 3. The van der Waals surface area contributed by atoms with Gasteiger partial charge in [0.1, 0.15) is 18.0 Å². The molecule has 1 atom stereocenters. The summed E-state index contributed by atoms with van der Waals surface area (Å²) < 4.78 is 0. The van der Waals surface area contributed by atoms with Crippen molar-refractivity contribution in [1.29, 1.82) is 5.26 Å². The number of rotatable bonds is 3. The summed E-state index contributed by atoms with van der Waals surface area (Å²) >= 11 is 0. The van der Waals surface area contributed by atoms with Gasteiger partial charge in [-0.05, 0) is 31.4 Å². The van der Waals surface area contributed by atoms with E-state index < -0.39 is 6.23 Å². The third kappa shape index (κ3) is 2.52. The van der Waals surface area contributed by atoms with E-state index in [1.54, 1.807) is 6.92 Å². The second kappa shape index (κ2) is 4.80. The molecule has 6 nitrogen and oxygen atoms in total. The van der Waals surface area contributed by atoms with E-state index in [2.05, 4.69) is 20.7 Å². The Morgan fingerprint density at radius 2 is 2.29 bits per heavy atom. The van der Waals surface area contributed by atoms with Crippen LogP contribution in [-0.4, -0.2) is 26.7 Å². The van der Waals surface area contributed by atoms with Gasteiger partial charge in [0, 0.05) is 5.70 Å². The van der Waals surface area contributed by atoms with E-state index in [1.807, 2.05) is 18.2 Å². The first-order chi connectivity index (χ1) is 8.20. The predicted octanol–water partition coefficient (Wildman–Crippen LogP) is 0.665. The van der Waals surface area contributed by atoms with Crippen molar-refractivity contribution in [2.45, 2.75) is 26.0 Å². The van der Waals surface area contributed by atoms with Gasteiger partial charge in [0.15, 0.2) is 5.69 Å². The first kappa shape index (κ1) is 11.4. The van der Waals surface area contributed by atoms with Gasteiger partial charge in [0.05, 0.1) is 0 Å². The number of aromatic amines is 1. The van der Waals surface area contributed by atoms with Gasteiger partial charge >= 0.3 is 0 Å². The Morgan fingerprint density at radius 1 is 1.47 bits per heavy atom. The van der Waals surface area contributed by atoms with E-state index in [0.29, 0.717) is 11.4 Å². The van der Waals surface area contributed by atoms with Crippen molar-refractivity contribution in [2.24, 2.45) is 0 Å². The molecule has 0 spiro atoms. The highest BCUT2D eigenvalue weighted by Gasteiger charge is 2.15. The number of aliphatic hydroxyl groups excluding tert-OH is 1. The number of nitrogens with one attached hydrogen (secondary N) is 2. The van der Waals surface area contributed by atoms with E-state index in [0.717, 1.165) is 24.1 Å². The Kier molecular flexibility index (Phi) is 3.21. The summed E-state index contributed by atoms with van der Waals surface area (Å²) in [6, 6.07) is 1.99. The van der Waals surface area contributed by atoms with E-state index in [4.69, 9.17) is 5.26 Å². The van der Waals surface area contributed by atoms with Crippen molar-refractivity contribution >= 4 is 5.57 Å². The molecule has 1 unspecified atom stereocenters. The second-order valence-electron chi connectivity index (χ2n) is 3.84. The molecule has 1 aliphatic rings. The van der Waals surface area contributed by atoms with Gasteiger partial charge in [-0.3, -0.25) is 0 Å². The minimum absolute atomic E-state index is 0.316. The number of hydrogen-bond donors (Lipinski definition) is 3. The number of allylic oxidation sites excluding steroid dienone is 4. The highest BCUT2D eigenvalue weighted by Crippen LogP contribution is 2.25. The molecule has 0 saturated carbocycles. The van der Waals surface area contributed by atoms with Crippen LogP contribution in [0.1, 0.15) is 31.2 Å². The molecule has 0 aromatic carbocycles. The summed E-state index contributed by atoms with van der Waals surface area (Å²) in [5, 5.41) is 31.2. The molecular formula is C11H13N5O. The smallest absolute Gasteiger partial charge is 0.190 e. The summed E-state index contributed by atoms with van der Waals surface area (Å²) in [5.41, 5.74) is 2.88. The molecule has 2 rings (SSSR count). The molecule has 1 aromatic rings. The van der Waals surface area contributed by atoms with Gasteiger partial charge in [-0.1, -0.05) is 6.08 Å². The van der Waals surface area contributed by atoms with Crippen LogP contribution in [0.25, 0.3) is 5.57 Å². The summed E-state index contributed by atoms with van der Waals surface area (Å²) in [4.78, 5) is 0. The summed E-state index contributed by atoms with van der Waals surface area (Å²) in [5.74, 6) is 0. The maximum absolute atomic E-state index is 9.19. The molecule has 0 radical (unpaired) electrons. The largest absolute Gasteiger partial charge is 0.374 e. The fourth-order valence-corrected chi connectivity index (χ4v) is 1.76. The maximum atomic E-state index is 9.19. The van der Waals surface area contributed by atoms with E-state index in [1.165, 1.54) is 0 Å². The van der Waals surface area contributed by atoms with Gasteiger partial charge < -0.3 is 10.4 Å². The lowest BCUT2D eigenvalue weighted by atomic mass is 9.99. The van der Waals surface area contributed by atoms with Gasteiger partial charge in [-0.15, -0.1) is 5.10 Å². The van der Waals surface area contributed by atoms with E-state index >= 15 is 0 Å². The molecule has 88 valence electrons. The quantitative estimate of drug-likeness (QED) is 0.664. The minimum Gasteiger partial charge on any atom is -0.374 e. The number of H-pyrrole nitrogens is 1. The van der Waals surface area contributed by atoms with E-state index in [-0.39, 0.29) is 0 Å². The molecule has 3 N–H and O–H groups in total. The molecule has 0 aliphatic heterocycles. The normalized spacial score (nSPS) is 16.8. The average Bonchev–Trinajstić information content (AvgIpc) is 2.77. The fourth-order valence-electron chi connectivity index (χ4n) is 1.76. The monoisotopic (exact) mass is 231 g/mol. The van der Waals surface area contributed by atoms with Crippen LogP contribution in [0.5, 0.6) is 0 Å². The SMILES string of the molecule is CC(O)NC1=CC=C(c2n[nH]nc2C#N)CC1. The molecule has 6 heteroatoms. The van der Waals surface area contributed by atoms with Crippen LogP contribution >= 0.6 is 0 Å². The first-order valence-electron chi connectivity index (χ1n) is 5.36. The fraction of sp³-hybridized carbons (Fsp3) is 0.364. The average molecular weight is 231 g/mol. The lowest BCUT2D eigenvalue weighted by molar-refractivity contribution is 0.168. The van der Waals surface area contributed by atoms with Crippen LogP contribution in [0.15, 0.2) is 17.8 Å². The standard InChI is InChI=1S/C11H13N5O/c1-7(17)13-9-4-2-8(3-5-9)11-10(6-12)14-16-15-11/h2,4,7,13,17H,3,5H2,1H3,(H,14,15,16). The van der Waals surface area contributed by atoms with Gasteiger partial charge in [-0.25, -0.2) is 0 Å². The van der Waals surface area contributed by atoms with Crippen molar-refractivity contribution in [2.75, 3.05) is 0 Å². The zero-order valence-corrected chi connectivity index (χ0v) is 9.44. The summed E-state index contributed by atoms with van der Waals surface area (Å²) in [6.45, 7) is 1.67. The van der Waals surface area contributed by atoms with E-state index in [9.17, 15) is 5.11 Å². The molecule has 1 heterocycles. The molecule has 1 aromatic heterocycles. The van der Waals surface area contributed by atoms with Crippen LogP contribution in [-0.2, 0) is 0 Å². The highest BCUT2D eigenvalue weighted by molar-refractivity contribution is 5.68. The topological polar surface area (TPSA) is 97.6 Å². The van der Waals surface area contributed by atoms with Crippen LogP contribution < -0.4 is 5.32 Å². The number of nitriles is 1. The van der Waals surface area contributed by atoms with Crippen LogP contribution in [0.2, 0.25) is 0 Å². The maximum Gasteiger partial charge on any atom is 0.190 e. The molecular weight excluding hydrogens is 218 g/mol. The third-order valence-electron chi connectivity index (χ3n) is 2.50. The van der Waals surface area contributed by atoms with Crippen molar-refractivity contribution in [3.63, 3.8) is 0 Å². The molecule has 1 aliphatic carbocycles. The summed E-state index contributed by atoms with van der Waals surface area (Å²) in [7, 11) is 0. The van der Waals surface area contributed by atoms with Crippen LogP contribution in [0.3, 0.4) is 0 Å². The molecule has 17 heavy (non-hydrogen) atoms. The number of aromatic nitrogens is 3. The zero-order valence-electron chi connectivity index (χ0n) is 9.44. The Balaban J connectivity index is 2.18. The number of aliphatic hydroxyl groups is 1. The second-order valence-corrected chi connectivity index (χ2v) is 3.84. The van der Waals surface area contributed by atoms with Crippen molar-refractivity contribution in [1.82, 2.24) is 20.7 Å². The number of hydrogen-bond acceptors (Lipinski definition) is 5. The lowest BCUT2D eigenvalue weighted by Gasteiger charge is -2.17. The Bertz CT molecular complexity index is 506. The minimum atomic E-state index is -0.557.